The van der Waals surface area contributed by atoms with E-state index in [1.165, 1.54) is 17.8 Å². The number of nitrogens with zero attached hydrogens (tertiary/aromatic N) is 2. The van der Waals surface area contributed by atoms with Crippen molar-refractivity contribution in [3.05, 3.63) is 26.6 Å². The minimum atomic E-state index is -0.257. The Hall–Kier alpha value is -2.02. The van der Waals surface area contributed by atoms with Crippen LogP contribution in [0.25, 0.3) is 10.2 Å². The number of carbonyl (C=O) groups excluding carboxylic acids is 1. The van der Waals surface area contributed by atoms with Crippen molar-refractivity contribution < 1.29 is 4.79 Å². The maximum Gasteiger partial charge on any atom is 0.259 e. The Morgan fingerprint density at radius 2 is 2.21 bits per heavy atom. The molecule has 0 radical (unpaired) electrons. The van der Waals surface area contributed by atoms with Gasteiger partial charge in [-0.15, -0.1) is 11.3 Å². The number of carbonyl (C=O) groups is 1. The number of rotatable bonds is 3. The van der Waals surface area contributed by atoms with Crippen LogP contribution in [-0.2, 0) is 11.2 Å². The molecule has 2 aromatic heterocycles. The fourth-order valence-corrected chi connectivity index (χ4v) is 4.09. The summed E-state index contributed by atoms with van der Waals surface area (Å²) < 4.78 is 0. The second kappa shape index (κ2) is 6.84. The Morgan fingerprint density at radius 1 is 1.42 bits per heavy atom. The fourth-order valence-electron chi connectivity index (χ4n) is 3.04. The van der Waals surface area contributed by atoms with Crippen LogP contribution < -0.4 is 11.0 Å². The predicted molar refractivity (Wildman–Crippen MR) is 96.6 cm³/mol. The number of amides is 1. The molecule has 0 spiro atoms. The molecule has 2 heterocycles. The van der Waals surface area contributed by atoms with Crippen molar-refractivity contribution in [2.45, 2.75) is 52.9 Å². The summed E-state index contributed by atoms with van der Waals surface area (Å²) in [5.74, 6) is 0.543. The molecule has 1 saturated carbocycles. The van der Waals surface area contributed by atoms with Gasteiger partial charge in [0, 0.05) is 10.6 Å². The molecule has 3 rings (SSSR count). The van der Waals surface area contributed by atoms with Gasteiger partial charge in [-0.2, -0.15) is 5.10 Å². The van der Waals surface area contributed by atoms with Gasteiger partial charge in [0.15, 0.2) is 0 Å². The van der Waals surface area contributed by atoms with Gasteiger partial charge in [-0.1, -0.05) is 13.3 Å². The number of aromatic amines is 1. The third-order valence-electron chi connectivity index (χ3n) is 4.63. The topological polar surface area (TPSA) is 87.2 Å². The minimum absolute atomic E-state index is 0.0202. The smallest absolute Gasteiger partial charge is 0.259 e. The first-order chi connectivity index (χ1) is 11.5. The molecule has 1 fully saturated rings. The highest BCUT2D eigenvalue weighted by atomic mass is 32.1. The molecule has 6 nitrogen and oxygen atoms in total. The summed E-state index contributed by atoms with van der Waals surface area (Å²) in [6.45, 7) is 6.02. The standard InChI is InChI=1S/C17H22N4O2S/c1-9-6-4-5-7-12(9)20-21-14(22)8-13-18-16(23)15-10(2)11(3)24-17(15)19-13/h9H,4-8H2,1-3H3,(H,21,22)(H,18,19,23)/t9-/m1/s1. The Kier molecular flexibility index (Phi) is 4.80. The van der Waals surface area contributed by atoms with Crippen LogP contribution in [-0.4, -0.2) is 21.6 Å². The summed E-state index contributed by atoms with van der Waals surface area (Å²) in [4.78, 5) is 33.2. The van der Waals surface area contributed by atoms with E-state index in [1.807, 2.05) is 13.8 Å². The van der Waals surface area contributed by atoms with Gasteiger partial charge in [-0.3, -0.25) is 9.59 Å². The summed E-state index contributed by atoms with van der Waals surface area (Å²) in [6, 6.07) is 0. The van der Waals surface area contributed by atoms with Crippen molar-refractivity contribution in [1.82, 2.24) is 15.4 Å². The number of nitrogens with one attached hydrogen (secondary N) is 2. The van der Waals surface area contributed by atoms with Gasteiger partial charge in [-0.05, 0) is 44.6 Å². The highest BCUT2D eigenvalue weighted by Crippen LogP contribution is 2.25. The van der Waals surface area contributed by atoms with Gasteiger partial charge in [0.2, 0.25) is 5.91 Å². The molecule has 1 aliphatic rings. The lowest BCUT2D eigenvalue weighted by Crippen LogP contribution is -2.26. The number of thiophene rings is 1. The second-order valence-corrected chi connectivity index (χ2v) is 7.64. The summed E-state index contributed by atoms with van der Waals surface area (Å²) in [5.41, 5.74) is 4.43. The molecule has 0 aliphatic heterocycles. The number of H-pyrrole nitrogens is 1. The van der Waals surface area contributed by atoms with E-state index in [4.69, 9.17) is 0 Å². The van der Waals surface area contributed by atoms with Gasteiger partial charge in [-0.25, -0.2) is 10.4 Å². The van der Waals surface area contributed by atoms with E-state index in [2.05, 4.69) is 27.4 Å². The first kappa shape index (κ1) is 16.8. The largest absolute Gasteiger partial charge is 0.309 e. The maximum absolute atomic E-state index is 12.2. The number of aryl methyl sites for hydroxylation is 2. The van der Waals surface area contributed by atoms with Gasteiger partial charge in [0.25, 0.3) is 5.56 Å². The van der Waals surface area contributed by atoms with E-state index in [0.29, 0.717) is 22.0 Å². The molecule has 7 heteroatoms. The van der Waals surface area contributed by atoms with Crippen molar-refractivity contribution in [2.75, 3.05) is 0 Å². The lowest BCUT2D eigenvalue weighted by molar-refractivity contribution is -0.120. The van der Waals surface area contributed by atoms with Gasteiger partial charge in [0.05, 0.1) is 11.8 Å². The molecule has 0 unspecified atom stereocenters. The molecule has 2 aromatic rings. The van der Waals surface area contributed by atoms with Crippen LogP contribution in [0.4, 0.5) is 0 Å². The van der Waals surface area contributed by atoms with Gasteiger partial charge < -0.3 is 4.98 Å². The number of fused-ring (bicyclic) bond motifs is 1. The summed E-state index contributed by atoms with van der Waals surface area (Å²) in [6.07, 6.45) is 4.43. The average molecular weight is 346 g/mol. The molecule has 128 valence electrons. The number of hydrogen-bond acceptors (Lipinski definition) is 5. The lowest BCUT2D eigenvalue weighted by Gasteiger charge is -2.19. The van der Waals surface area contributed by atoms with Gasteiger partial charge in [0.1, 0.15) is 10.7 Å². The zero-order valence-corrected chi connectivity index (χ0v) is 15.0. The molecule has 0 saturated heterocycles. The van der Waals surface area contributed by atoms with Crippen molar-refractivity contribution in [1.29, 1.82) is 0 Å². The zero-order chi connectivity index (χ0) is 17.3. The van der Waals surface area contributed by atoms with Crippen molar-refractivity contribution >= 4 is 33.2 Å². The molecule has 24 heavy (non-hydrogen) atoms. The molecule has 1 atom stereocenters. The molecular formula is C17H22N4O2S. The van der Waals surface area contributed by atoms with E-state index in [0.717, 1.165) is 35.4 Å². The number of hydrazone groups is 1. The highest BCUT2D eigenvalue weighted by Gasteiger charge is 2.17. The Balaban J connectivity index is 1.74. The molecule has 1 aliphatic carbocycles. The van der Waals surface area contributed by atoms with Crippen LogP contribution in [0.2, 0.25) is 0 Å². The summed E-state index contributed by atoms with van der Waals surface area (Å²) in [5, 5.41) is 4.89. The van der Waals surface area contributed by atoms with E-state index in [9.17, 15) is 9.59 Å². The lowest BCUT2D eigenvalue weighted by atomic mass is 9.89. The van der Waals surface area contributed by atoms with Crippen LogP contribution >= 0.6 is 11.3 Å². The van der Waals surface area contributed by atoms with Crippen molar-refractivity contribution in [3.8, 4) is 0 Å². The normalized spacial score (nSPS) is 19.8. The van der Waals surface area contributed by atoms with Crippen LogP contribution in [0.1, 0.15) is 48.9 Å². The molecule has 2 N–H and O–H groups in total. The zero-order valence-electron chi connectivity index (χ0n) is 14.2. The quantitative estimate of drug-likeness (QED) is 0.838. The van der Waals surface area contributed by atoms with Crippen LogP contribution in [0.3, 0.4) is 0 Å². The first-order valence-electron chi connectivity index (χ1n) is 8.30. The molecule has 1 amide bonds. The minimum Gasteiger partial charge on any atom is -0.309 e. The van der Waals surface area contributed by atoms with E-state index >= 15 is 0 Å². The van der Waals surface area contributed by atoms with E-state index < -0.39 is 0 Å². The Bertz CT molecular complexity index is 865. The van der Waals surface area contributed by atoms with E-state index in [-0.39, 0.29) is 17.9 Å². The second-order valence-electron chi connectivity index (χ2n) is 6.44. The molecule has 0 bridgehead atoms. The average Bonchev–Trinajstić information content (AvgIpc) is 2.81. The van der Waals surface area contributed by atoms with Crippen LogP contribution in [0, 0.1) is 19.8 Å². The highest BCUT2D eigenvalue weighted by molar-refractivity contribution is 7.18. The number of hydrogen-bond donors (Lipinski definition) is 2. The predicted octanol–water partition coefficient (Wildman–Crippen LogP) is 2.83. The third kappa shape index (κ3) is 3.40. The Labute approximate surface area is 144 Å². The number of aromatic nitrogens is 2. The van der Waals surface area contributed by atoms with Crippen molar-refractivity contribution in [3.63, 3.8) is 0 Å². The van der Waals surface area contributed by atoms with E-state index in [1.54, 1.807) is 0 Å². The first-order valence-corrected chi connectivity index (χ1v) is 9.11. The summed E-state index contributed by atoms with van der Waals surface area (Å²) >= 11 is 1.48. The summed E-state index contributed by atoms with van der Waals surface area (Å²) in [7, 11) is 0. The van der Waals surface area contributed by atoms with Crippen molar-refractivity contribution in [2.24, 2.45) is 11.0 Å². The van der Waals surface area contributed by atoms with Gasteiger partial charge >= 0.3 is 0 Å². The third-order valence-corrected chi connectivity index (χ3v) is 5.73. The molecule has 0 aromatic carbocycles. The molecular weight excluding hydrogens is 324 g/mol. The maximum atomic E-state index is 12.2. The van der Waals surface area contributed by atoms with Crippen LogP contribution in [0.5, 0.6) is 0 Å². The SMILES string of the molecule is Cc1sc2nc(CC(=O)NN=C3CCCC[C@H]3C)[nH]c(=O)c2c1C. The monoisotopic (exact) mass is 346 g/mol. The fraction of sp³-hybridized carbons (Fsp3) is 0.529. The van der Waals surface area contributed by atoms with Crippen LogP contribution in [0.15, 0.2) is 9.90 Å². The Morgan fingerprint density at radius 3 is 2.96 bits per heavy atom.